The van der Waals surface area contributed by atoms with Gasteiger partial charge in [-0.05, 0) is 43.0 Å². The van der Waals surface area contributed by atoms with E-state index < -0.39 is 0 Å². The smallest absolute Gasteiger partial charge is 0.123 e. The molecule has 21 heavy (non-hydrogen) atoms. The third-order valence-electron chi connectivity index (χ3n) is 3.84. The number of hydrogen-bond donors (Lipinski definition) is 1. The Morgan fingerprint density at radius 1 is 1.48 bits per heavy atom. The van der Waals surface area contributed by atoms with Crippen LogP contribution in [-0.4, -0.2) is 22.5 Å². The van der Waals surface area contributed by atoms with Crippen molar-refractivity contribution in [3.05, 3.63) is 47.5 Å². The van der Waals surface area contributed by atoms with Crippen LogP contribution in [0.1, 0.15) is 24.0 Å². The summed E-state index contributed by atoms with van der Waals surface area (Å²) in [5, 5.41) is 7.62. The predicted molar refractivity (Wildman–Crippen MR) is 79.7 cm³/mol. The van der Waals surface area contributed by atoms with Crippen molar-refractivity contribution >= 4 is 5.69 Å². The Labute approximate surface area is 123 Å². The molecule has 1 saturated heterocycles. The summed E-state index contributed by atoms with van der Waals surface area (Å²) >= 11 is 0. The molecular weight excluding hydrogens is 269 g/mol. The zero-order valence-electron chi connectivity index (χ0n) is 12.2. The summed E-state index contributed by atoms with van der Waals surface area (Å²) in [4.78, 5) is 0. The van der Waals surface area contributed by atoms with Gasteiger partial charge in [-0.15, -0.1) is 0 Å². The third kappa shape index (κ3) is 3.61. The summed E-state index contributed by atoms with van der Waals surface area (Å²) in [6.45, 7) is 4.23. The number of rotatable bonds is 5. The number of halogens is 1. The molecule has 1 unspecified atom stereocenters. The maximum absolute atomic E-state index is 13.2. The normalized spacial score (nSPS) is 18.1. The van der Waals surface area contributed by atoms with E-state index in [1.54, 1.807) is 18.3 Å². The highest BCUT2D eigenvalue weighted by Crippen LogP contribution is 2.16. The average Bonchev–Trinajstić information content (AvgIpc) is 3.12. The van der Waals surface area contributed by atoms with Gasteiger partial charge in [-0.25, -0.2) is 4.39 Å². The summed E-state index contributed by atoms with van der Waals surface area (Å²) < 4.78 is 20.7. The minimum absolute atomic E-state index is 0.202. The van der Waals surface area contributed by atoms with E-state index in [-0.39, 0.29) is 11.9 Å². The van der Waals surface area contributed by atoms with E-state index in [9.17, 15) is 4.39 Å². The van der Waals surface area contributed by atoms with E-state index in [0.717, 1.165) is 42.8 Å². The largest absolute Gasteiger partial charge is 0.378 e. The molecular formula is C16H20FN3O. The van der Waals surface area contributed by atoms with E-state index in [0.29, 0.717) is 6.54 Å². The monoisotopic (exact) mass is 289 g/mol. The van der Waals surface area contributed by atoms with E-state index >= 15 is 0 Å². The average molecular weight is 289 g/mol. The molecule has 1 aliphatic rings. The lowest BCUT2D eigenvalue weighted by molar-refractivity contribution is 0.0940. The van der Waals surface area contributed by atoms with Gasteiger partial charge in [0.15, 0.2) is 0 Å². The predicted octanol–water partition coefficient (Wildman–Crippen LogP) is 3.12. The topological polar surface area (TPSA) is 39.1 Å². The second kappa shape index (κ2) is 6.26. The highest BCUT2D eigenvalue weighted by molar-refractivity contribution is 5.40. The molecule has 1 aliphatic heterocycles. The molecule has 0 radical (unpaired) electrons. The Hall–Kier alpha value is -1.88. The first-order chi connectivity index (χ1) is 10.2. The molecule has 1 N–H and O–H groups in total. The summed E-state index contributed by atoms with van der Waals surface area (Å²) in [6, 6.07) is 4.85. The zero-order valence-corrected chi connectivity index (χ0v) is 12.2. The highest BCUT2D eigenvalue weighted by atomic mass is 19.1. The molecule has 2 aromatic rings. The maximum Gasteiger partial charge on any atom is 0.123 e. The fraction of sp³-hybridized carbons (Fsp3) is 0.438. The van der Waals surface area contributed by atoms with Crippen LogP contribution in [0.25, 0.3) is 0 Å². The Bertz CT molecular complexity index is 605. The van der Waals surface area contributed by atoms with Crippen molar-refractivity contribution in [3.63, 3.8) is 0 Å². The molecule has 0 saturated carbocycles. The molecule has 1 aromatic carbocycles. The lowest BCUT2D eigenvalue weighted by Crippen LogP contribution is -2.15. The number of aryl methyl sites for hydroxylation is 1. The minimum atomic E-state index is -0.202. The van der Waals surface area contributed by atoms with Crippen molar-refractivity contribution < 1.29 is 9.13 Å². The van der Waals surface area contributed by atoms with Gasteiger partial charge in [-0.2, -0.15) is 5.10 Å². The summed E-state index contributed by atoms with van der Waals surface area (Å²) in [6.07, 6.45) is 6.28. The Morgan fingerprint density at radius 2 is 2.38 bits per heavy atom. The van der Waals surface area contributed by atoms with E-state index in [1.165, 1.54) is 6.07 Å². The van der Waals surface area contributed by atoms with Crippen molar-refractivity contribution in [1.82, 2.24) is 9.78 Å². The molecule has 2 heterocycles. The van der Waals surface area contributed by atoms with Crippen molar-refractivity contribution in [3.8, 4) is 0 Å². The first kappa shape index (κ1) is 14.1. The van der Waals surface area contributed by atoms with Crippen LogP contribution < -0.4 is 5.32 Å². The number of anilines is 1. The molecule has 112 valence electrons. The first-order valence-corrected chi connectivity index (χ1v) is 7.33. The molecule has 0 bridgehead atoms. The van der Waals surface area contributed by atoms with Gasteiger partial charge in [-0.1, -0.05) is 6.07 Å². The van der Waals surface area contributed by atoms with Crippen molar-refractivity contribution in [2.24, 2.45) is 0 Å². The van der Waals surface area contributed by atoms with Crippen LogP contribution >= 0.6 is 0 Å². The number of ether oxygens (including phenoxy) is 1. The van der Waals surface area contributed by atoms with Gasteiger partial charge in [0.05, 0.1) is 24.5 Å². The van der Waals surface area contributed by atoms with Crippen LogP contribution in [0.3, 0.4) is 0 Å². The van der Waals surface area contributed by atoms with Gasteiger partial charge in [0.2, 0.25) is 0 Å². The SMILES string of the molecule is Cc1ccc(F)cc1CNc1cnn(CC2CCCO2)c1. The van der Waals surface area contributed by atoms with Gasteiger partial charge in [0.1, 0.15) is 5.82 Å². The van der Waals surface area contributed by atoms with Crippen LogP contribution in [0.4, 0.5) is 10.1 Å². The van der Waals surface area contributed by atoms with Crippen LogP contribution in [0, 0.1) is 12.7 Å². The Morgan fingerprint density at radius 3 is 3.19 bits per heavy atom. The number of benzene rings is 1. The number of hydrogen-bond acceptors (Lipinski definition) is 3. The zero-order chi connectivity index (χ0) is 14.7. The highest BCUT2D eigenvalue weighted by Gasteiger charge is 2.16. The molecule has 1 aromatic heterocycles. The third-order valence-corrected chi connectivity index (χ3v) is 3.84. The fourth-order valence-electron chi connectivity index (χ4n) is 2.58. The minimum Gasteiger partial charge on any atom is -0.378 e. The molecule has 5 heteroatoms. The molecule has 1 atom stereocenters. The molecule has 4 nitrogen and oxygen atoms in total. The van der Waals surface area contributed by atoms with E-state index in [2.05, 4.69) is 10.4 Å². The number of nitrogens with zero attached hydrogens (tertiary/aromatic N) is 2. The molecule has 1 fully saturated rings. The van der Waals surface area contributed by atoms with E-state index in [1.807, 2.05) is 17.8 Å². The second-order valence-electron chi connectivity index (χ2n) is 5.51. The summed E-state index contributed by atoms with van der Waals surface area (Å²) in [7, 11) is 0. The van der Waals surface area contributed by atoms with Gasteiger partial charge < -0.3 is 10.1 Å². The lowest BCUT2D eigenvalue weighted by atomic mass is 10.1. The Balaban J connectivity index is 1.58. The molecule has 3 rings (SSSR count). The number of nitrogens with one attached hydrogen (secondary N) is 1. The van der Waals surface area contributed by atoms with Gasteiger partial charge >= 0.3 is 0 Å². The van der Waals surface area contributed by atoms with Crippen molar-refractivity contribution in [1.29, 1.82) is 0 Å². The first-order valence-electron chi connectivity index (χ1n) is 7.33. The summed E-state index contributed by atoms with van der Waals surface area (Å²) in [5.41, 5.74) is 2.98. The van der Waals surface area contributed by atoms with Gasteiger partial charge in [0, 0.05) is 19.3 Å². The van der Waals surface area contributed by atoms with Crippen molar-refractivity contribution in [2.45, 2.75) is 39.0 Å². The van der Waals surface area contributed by atoms with Crippen molar-refractivity contribution in [2.75, 3.05) is 11.9 Å². The summed E-state index contributed by atoms with van der Waals surface area (Å²) in [5.74, 6) is -0.202. The lowest BCUT2D eigenvalue weighted by Gasteiger charge is -2.09. The fourth-order valence-corrected chi connectivity index (χ4v) is 2.58. The molecule has 0 spiro atoms. The molecule has 0 aliphatic carbocycles. The van der Waals surface area contributed by atoms with Crippen LogP contribution in [-0.2, 0) is 17.8 Å². The van der Waals surface area contributed by atoms with Crippen LogP contribution in [0.2, 0.25) is 0 Å². The van der Waals surface area contributed by atoms with Crippen LogP contribution in [0.15, 0.2) is 30.6 Å². The van der Waals surface area contributed by atoms with Gasteiger partial charge in [-0.3, -0.25) is 4.68 Å². The quantitative estimate of drug-likeness (QED) is 0.919. The van der Waals surface area contributed by atoms with E-state index in [4.69, 9.17) is 4.74 Å². The van der Waals surface area contributed by atoms with Crippen LogP contribution in [0.5, 0.6) is 0 Å². The second-order valence-corrected chi connectivity index (χ2v) is 5.51. The standard InChI is InChI=1S/C16H20FN3O/c1-12-4-5-14(17)7-13(12)8-18-15-9-19-20(10-15)11-16-3-2-6-21-16/h4-5,7,9-10,16,18H,2-3,6,8,11H2,1H3. The van der Waals surface area contributed by atoms with Gasteiger partial charge in [0.25, 0.3) is 0 Å². The maximum atomic E-state index is 13.2. The Kier molecular flexibility index (Phi) is 4.20. The number of aromatic nitrogens is 2. The molecule has 0 amide bonds.